The van der Waals surface area contributed by atoms with E-state index in [0.29, 0.717) is 0 Å². The quantitative estimate of drug-likeness (QED) is 0.376. The third-order valence-electron chi connectivity index (χ3n) is 0. The van der Waals surface area contributed by atoms with Gasteiger partial charge < -0.3 is 5.21 Å². The highest BCUT2D eigenvalue weighted by Gasteiger charge is 1.51. The zero-order valence-electron chi connectivity index (χ0n) is 5.15. The minimum atomic E-state index is 0. The van der Waals surface area contributed by atoms with Crippen LogP contribution in [-0.2, 0) is 0 Å². The van der Waals surface area contributed by atoms with E-state index in [2.05, 4.69) is 6.58 Å². The third kappa shape index (κ3) is 1060. The second-order valence-corrected chi connectivity index (χ2v) is 1.43. The van der Waals surface area contributed by atoms with Gasteiger partial charge in [0, 0.05) is 7.05 Å². The molecule has 0 aliphatic rings. The van der Waals surface area contributed by atoms with Crippen molar-refractivity contribution in [3.63, 3.8) is 0 Å². The average molecular weight is 119 g/mol. The number of rotatable bonds is 0. The molecule has 0 rings (SSSR count). The second kappa shape index (κ2) is 15.9. The molecule has 0 aliphatic heterocycles. The Bertz CT molecular complexity index is 39.8. The molecule has 0 atom stereocenters. The van der Waals surface area contributed by atoms with Crippen LogP contribution in [0.25, 0.3) is 0 Å². The lowest BCUT2D eigenvalue weighted by Crippen LogP contribution is -1.91. The van der Waals surface area contributed by atoms with Crippen molar-refractivity contribution in [3.8, 4) is 0 Å². The molecule has 0 amide bonds. The average Bonchev–Trinajstić information content (AvgIpc) is 1.33. The molecule has 0 saturated carbocycles. The highest BCUT2D eigenvalue weighted by Crippen LogP contribution is 1.73. The van der Waals surface area contributed by atoms with Crippen LogP contribution in [0.5, 0.6) is 0 Å². The van der Waals surface area contributed by atoms with Crippen molar-refractivity contribution in [1.82, 2.24) is 5.48 Å². The van der Waals surface area contributed by atoms with Crippen molar-refractivity contribution in [2.75, 3.05) is 7.05 Å². The molecule has 52 valence electrons. The third-order valence-corrected chi connectivity index (χ3v) is 0. The van der Waals surface area contributed by atoms with Crippen LogP contribution in [-0.4, -0.2) is 12.3 Å². The first-order valence-corrected chi connectivity index (χ1v) is 2.08. The van der Waals surface area contributed by atoms with Crippen LogP contribution in [0.1, 0.15) is 21.3 Å². The van der Waals surface area contributed by atoms with Gasteiger partial charge in [-0.05, 0) is 13.8 Å². The van der Waals surface area contributed by atoms with Crippen molar-refractivity contribution in [1.29, 1.82) is 0 Å². The van der Waals surface area contributed by atoms with Crippen LogP contribution >= 0.6 is 0 Å². The topological polar surface area (TPSA) is 32.3 Å². The Morgan fingerprint density at radius 2 is 1.50 bits per heavy atom. The molecular formula is C6H17NO. The fraction of sp³-hybridized carbons (Fsp3) is 0.667. The zero-order valence-corrected chi connectivity index (χ0v) is 5.15. The summed E-state index contributed by atoms with van der Waals surface area (Å²) in [5, 5.41) is 7.32. The number of allylic oxidation sites excluding steroid dienone is 1. The summed E-state index contributed by atoms with van der Waals surface area (Å²) in [4.78, 5) is 0. The summed E-state index contributed by atoms with van der Waals surface area (Å²) in [7, 11) is 1.43. The van der Waals surface area contributed by atoms with E-state index in [1.54, 1.807) is 5.48 Å². The summed E-state index contributed by atoms with van der Waals surface area (Å²) in [5.74, 6) is 0. The van der Waals surface area contributed by atoms with E-state index < -0.39 is 0 Å². The first-order chi connectivity index (χ1) is 3.15. The number of hydrogen-bond donors (Lipinski definition) is 2. The van der Waals surface area contributed by atoms with Crippen LogP contribution in [0.15, 0.2) is 12.2 Å². The molecule has 0 aromatic rings. The van der Waals surface area contributed by atoms with Crippen LogP contribution in [0, 0.1) is 0 Å². The monoisotopic (exact) mass is 119 g/mol. The maximum absolute atomic E-state index is 7.32. The Morgan fingerprint density at radius 3 is 1.50 bits per heavy atom. The van der Waals surface area contributed by atoms with E-state index in [4.69, 9.17) is 5.21 Å². The molecule has 0 spiro atoms. The van der Waals surface area contributed by atoms with Gasteiger partial charge in [0.2, 0.25) is 0 Å². The molecule has 0 radical (unpaired) electrons. The highest BCUT2D eigenvalue weighted by atomic mass is 16.5. The number of hydrogen-bond acceptors (Lipinski definition) is 2. The Morgan fingerprint density at radius 1 is 1.50 bits per heavy atom. The molecule has 8 heavy (non-hydrogen) atoms. The molecule has 0 bridgehead atoms. The van der Waals surface area contributed by atoms with Gasteiger partial charge in [-0.3, -0.25) is 0 Å². The first kappa shape index (κ1) is 15.6. The predicted octanol–water partition coefficient (Wildman–Crippen LogP) is 1.81. The van der Waals surface area contributed by atoms with Gasteiger partial charge in [-0.15, -0.1) is 6.58 Å². The smallest absolute Gasteiger partial charge is 0.00929 e. The molecule has 2 N–H and O–H groups in total. The van der Waals surface area contributed by atoms with Gasteiger partial charge in [-0.25, -0.2) is 5.48 Å². The zero-order chi connectivity index (χ0) is 6.28. The van der Waals surface area contributed by atoms with Gasteiger partial charge in [0.1, 0.15) is 0 Å². The van der Waals surface area contributed by atoms with Gasteiger partial charge in [-0.1, -0.05) is 13.0 Å². The van der Waals surface area contributed by atoms with E-state index in [-0.39, 0.29) is 7.43 Å². The normalized spacial score (nSPS) is 5.50. The van der Waals surface area contributed by atoms with Crippen LogP contribution in [0.4, 0.5) is 0 Å². The standard InChI is InChI=1S/C4H8.CH5NO.CH4/c1-4(2)3;1-2-3;/h1H2,2-3H3;2-3H,1H3;1H4. The molecule has 0 unspecified atom stereocenters. The first-order valence-electron chi connectivity index (χ1n) is 2.08. The Hall–Kier alpha value is -0.340. The lowest BCUT2D eigenvalue weighted by Gasteiger charge is -1.65. The molecule has 0 aliphatic carbocycles. The highest BCUT2D eigenvalue weighted by molar-refractivity contribution is 4.78. The number of nitrogens with one attached hydrogen (secondary N) is 1. The summed E-state index contributed by atoms with van der Waals surface area (Å²) in [6, 6.07) is 0. The second-order valence-electron chi connectivity index (χ2n) is 1.43. The molecule has 0 heterocycles. The van der Waals surface area contributed by atoms with Crippen molar-refractivity contribution in [2.45, 2.75) is 21.3 Å². The fourth-order valence-electron chi connectivity index (χ4n) is 0. The van der Waals surface area contributed by atoms with Gasteiger partial charge >= 0.3 is 0 Å². The summed E-state index contributed by atoms with van der Waals surface area (Å²) in [6.07, 6.45) is 0. The lowest BCUT2D eigenvalue weighted by molar-refractivity contribution is 0.194. The maximum Gasteiger partial charge on any atom is 0.00929 e. The minimum Gasteiger partial charge on any atom is -0.317 e. The summed E-state index contributed by atoms with van der Waals surface area (Å²) >= 11 is 0. The Labute approximate surface area is 52.2 Å². The summed E-state index contributed by atoms with van der Waals surface area (Å²) in [5.41, 5.74) is 2.92. The van der Waals surface area contributed by atoms with Gasteiger partial charge in [-0.2, -0.15) is 0 Å². The Kier molecular flexibility index (Phi) is 31.2. The van der Waals surface area contributed by atoms with Crippen LogP contribution in [0.3, 0.4) is 0 Å². The SMILES string of the molecule is C.C=C(C)C.CNO. The van der Waals surface area contributed by atoms with Crippen molar-refractivity contribution in [2.24, 2.45) is 0 Å². The van der Waals surface area contributed by atoms with Crippen LogP contribution in [0.2, 0.25) is 0 Å². The summed E-state index contributed by atoms with van der Waals surface area (Å²) in [6.45, 7) is 7.50. The molecule has 2 nitrogen and oxygen atoms in total. The van der Waals surface area contributed by atoms with E-state index >= 15 is 0 Å². The molecule has 0 fully saturated rings. The van der Waals surface area contributed by atoms with Crippen molar-refractivity contribution < 1.29 is 5.21 Å². The largest absolute Gasteiger partial charge is 0.317 e. The Balaban J connectivity index is -0.0000000575. The predicted molar refractivity (Wildman–Crippen MR) is 38.1 cm³/mol. The van der Waals surface area contributed by atoms with E-state index in [1.165, 1.54) is 12.6 Å². The van der Waals surface area contributed by atoms with Crippen molar-refractivity contribution >= 4 is 0 Å². The maximum atomic E-state index is 7.32. The molecule has 0 aromatic carbocycles. The van der Waals surface area contributed by atoms with Crippen molar-refractivity contribution in [3.05, 3.63) is 12.2 Å². The van der Waals surface area contributed by atoms with E-state index in [1.807, 2.05) is 13.8 Å². The fourth-order valence-corrected chi connectivity index (χ4v) is 0. The van der Waals surface area contributed by atoms with Gasteiger partial charge in [0.05, 0.1) is 0 Å². The molecule has 0 aromatic heterocycles. The molecule has 2 heteroatoms. The molecule has 0 saturated heterocycles. The lowest BCUT2D eigenvalue weighted by atomic mass is 10.4. The van der Waals surface area contributed by atoms with Gasteiger partial charge in [0.15, 0.2) is 0 Å². The summed E-state index contributed by atoms with van der Waals surface area (Å²) < 4.78 is 0. The van der Waals surface area contributed by atoms with Crippen LogP contribution < -0.4 is 5.48 Å². The van der Waals surface area contributed by atoms with E-state index in [0.717, 1.165) is 0 Å². The number of hydroxylamine groups is 1. The molecular weight excluding hydrogens is 102 g/mol. The van der Waals surface area contributed by atoms with E-state index in [9.17, 15) is 0 Å². The van der Waals surface area contributed by atoms with Gasteiger partial charge in [0.25, 0.3) is 0 Å². The minimum absolute atomic E-state index is 0.